The highest BCUT2D eigenvalue weighted by atomic mass is 35.5. The molecule has 0 aliphatic carbocycles. The van der Waals surface area contributed by atoms with E-state index in [1.54, 1.807) is 0 Å². The van der Waals surface area contributed by atoms with Gasteiger partial charge in [-0.05, 0) is 70.8 Å². The number of benzene rings is 4. The zero-order valence-corrected chi connectivity index (χ0v) is 16.6. The molecule has 0 radical (unpaired) electrons. The monoisotopic (exact) mass is 404 g/mol. The molecule has 5 aromatic rings. The number of hydrogen-bond acceptors (Lipinski definition) is 1. The summed E-state index contributed by atoms with van der Waals surface area (Å²) in [5.74, 6) is 0. The summed E-state index contributed by atoms with van der Waals surface area (Å²) in [6.07, 6.45) is 0. The largest absolute Gasteiger partial charge is 0.135 e. The maximum atomic E-state index is 6.03. The number of fused-ring (bicyclic) bond motifs is 3. The van der Waals surface area contributed by atoms with Gasteiger partial charge in [-0.2, -0.15) is 0 Å². The first-order chi connectivity index (χ1) is 13.2. The van der Waals surface area contributed by atoms with Crippen molar-refractivity contribution in [2.45, 2.75) is 0 Å². The van der Waals surface area contributed by atoms with Crippen molar-refractivity contribution in [3.05, 3.63) is 95.0 Å². The third-order valence-electron chi connectivity index (χ3n) is 4.82. The minimum Gasteiger partial charge on any atom is -0.135 e. The zero-order valence-electron chi connectivity index (χ0n) is 14.2. The minimum absolute atomic E-state index is 0.758. The van der Waals surface area contributed by atoms with Gasteiger partial charge in [0.05, 0.1) is 0 Å². The summed E-state index contributed by atoms with van der Waals surface area (Å²) in [6, 6.07) is 29.4. The summed E-state index contributed by atoms with van der Waals surface area (Å²) in [4.78, 5) is 0. The van der Waals surface area contributed by atoms with Crippen LogP contribution >= 0.6 is 34.5 Å². The molecule has 0 amide bonds. The van der Waals surface area contributed by atoms with Crippen LogP contribution in [0.25, 0.3) is 42.4 Å². The van der Waals surface area contributed by atoms with E-state index < -0.39 is 0 Å². The summed E-state index contributed by atoms with van der Waals surface area (Å²) in [5, 5.41) is 4.10. The van der Waals surface area contributed by atoms with Crippen molar-refractivity contribution >= 4 is 54.7 Å². The van der Waals surface area contributed by atoms with Crippen molar-refractivity contribution in [2.24, 2.45) is 0 Å². The Kier molecular flexibility index (Phi) is 4.17. The topological polar surface area (TPSA) is 0 Å². The van der Waals surface area contributed by atoms with E-state index in [0.29, 0.717) is 0 Å². The summed E-state index contributed by atoms with van der Waals surface area (Å²) in [7, 11) is 0. The normalized spacial score (nSPS) is 11.3. The summed E-state index contributed by atoms with van der Waals surface area (Å²) in [5.41, 5.74) is 4.76. The van der Waals surface area contributed by atoms with Crippen molar-refractivity contribution in [2.75, 3.05) is 0 Å². The van der Waals surface area contributed by atoms with Gasteiger partial charge in [-0.1, -0.05) is 59.6 Å². The fourth-order valence-electron chi connectivity index (χ4n) is 3.42. The van der Waals surface area contributed by atoms with E-state index in [4.69, 9.17) is 23.2 Å². The van der Waals surface area contributed by atoms with E-state index in [1.165, 1.54) is 42.4 Å². The Hall–Kier alpha value is -2.32. The molecule has 4 aromatic carbocycles. The first-order valence-electron chi connectivity index (χ1n) is 8.66. The van der Waals surface area contributed by atoms with Gasteiger partial charge in [0.15, 0.2) is 0 Å². The van der Waals surface area contributed by atoms with Crippen LogP contribution in [0.1, 0.15) is 0 Å². The molecule has 0 aliphatic heterocycles. The van der Waals surface area contributed by atoms with E-state index in [1.807, 2.05) is 35.6 Å². The van der Waals surface area contributed by atoms with Crippen LogP contribution in [-0.4, -0.2) is 0 Å². The molecule has 0 fully saturated rings. The average Bonchev–Trinajstić information content (AvgIpc) is 3.06. The van der Waals surface area contributed by atoms with Crippen molar-refractivity contribution in [1.82, 2.24) is 0 Å². The number of thiophene rings is 1. The Labute approximate surface area is 171 Å². The molecule has 27 heavy (non-hydrogen) atoms. The highest BCUT2D eigenvalue weighted by Gasteiger charge is 2.09. The highest BCUT2D eigenvalue weighted by Crippen LogP contribution is 2.38. The van der Waals surface area contributed by atoms with Crippen molar-refractivity contribution < 1.29 is 0 Å². The molecule has 0 spiro atoms. The molecule has 0 saturated carbocycles. The molecule has 0 N–H and O–H groups in total. The van der Waals surface area contributed by atoms with Crippen LogP contribution in [0.4, 0.5) is 0 Å². The number of halogens is 2. The summed E-state index contributed by atoms with van der Waals surface area (Å²) >= 11 is 13.9. The molecule has 0 saturated heterocycles. The molecule has 1 heterocycles. The molecular formula is C24H14Cl2S. The van der Waals surface area contributed by atoms with E-state index in [0.717, 1.165) is 10.0 Å². The van der Waals surface area contributed by atoms with Gasteiger partial charge >= 0.3 is 0 Å². The highest BCUT2D eigenvalue weighted by molar-refractivity contribution is 7.25. The molecular weight excluding hydrogens is 391 g/mol. The predicted octanol–water partition coefficient (Wildman–Crippen LogP) is 8.70. The number of hydrogen-bond donors (Lipinski definition) is 0. The Bertz CT molecular complexity index is 1170. The van der Waals surface area contributed by atoms with Crippen LogP contribution < -0.4 is 0 Å². The maximum Gasteiger partial charge on any atom is 0.0406 e. The van der Waals surface area contributed by atoms with Gasteiger partial charge < -0.3 is 0 Å². The molecule has 1 aromatic heterocycles. The number of rotatable bonds is 2. The second kappa shape index (κ2) is 6.69. The maximum absolute atomic E-state index is 6.03. The van der Waals surface area contributed by atoms with Gasteiger partial charge in [0.1, 0.15) is 0 Å². The quantitative estimate of drug-likeness (QED) is 0.276. The Morgan fingerprint density at radius 3 is 1.22 bits per heavy atom. The van der Waals surface area contributed by atoms with Crippen LogP contribution in [-0.2, 0) is 0 Å². The minimum atomic E-state index is 0.758. The van der Waals surface area contributed by atoms with Crippen molar-refractivity contribution in [3.63, 3.8) is 0 Å². The fraction of sp³-hybridized carbons (Fsp3) is 0. The lowest BCUT2D eigenvalue weighted by Gasteiger charge is -2.04. The first kappa shape index (κ1) is 16.8. The average molecular weight is 405 g/mol. The third-order valence-corrected chi connectivity index (χ3v) is 6.48. The second-order valence-electron chi connectivity index (χ2n) is 6.54. The summed E-state index contributed by atoms with van der Waals surface area (Å²) in [6.45, 7) is 0. The van der Waals surface area contributed by atoms with Crippen LogP contribution in [0, 0.1) is 0 Å². The first-order valence-corrected chi connectivity index (χ1v) is 10.2. The van der Waals surface area contributed by atoms with E-state index in [9.17, 15) is 0 Å². The van der Waals surface area contributed by atoms with Crippen molar-refractivity contribution in [1.29, 1.82) is 0 Å². The Balaban J connectivity index is 1.68. The third kappa shape index (κ3) is 3.12. The van der Waals surface area contributed by atoms with Gasteiger partial charge in [-0.15, -0.1) is 11.3 Å². The van der Waals surface area contributed by atoms with Gasteiger partial charge in [-0.3, -0.25) is 0 Å². The fourth-order valence-corrected chi connectivity index (χ4v) is 4.74. The molecule has 130 valence electrons. The standard InChI is InChI=1S/C24H14Cl2S/c25-19-7-1-15(2-8-19)17-5-11-23-21(13-17)22-14-18(6-12-24(22)27-23)16-3-9-20(26)10-4-16/h1-14H. The smallest absolute Gasteiger partial charge is 0.0406 e. The molecule has 0 bridgehead atoms. The lowest BCUT2D eigenvalue weighted by atomic mass is 10.0. The van der Waals surface area contributed by atoms with Crippen molar-refractivity contribution in [3.8, 4) is 22.3 Å². The lowest BCUT2D eigenvalue weighted by molar-refractivity contribution is 1.65. The molecule has 0 unspecified atom stereocenters. The van der Waals surface area contributed by atoms with Crippen LogP contribution in [0.3, 0.4) is 0 Å². The predicted molar refractivity (Wildman–Crippen MR) is 120 cm³/mol. The molecule has 0 aliphatic rings. The Morgan fingerprint density at radius 2 is 0.815 bits per heavy atom. The summed E-state index contributed by atoms with van der Waals surface area (Å²) < 4.78 is 2.60. The van der Waals surface area contributed by atoms with Gasteiger partial charge in [0, 0.05) is 30.2 Å². The molecule has 3 heteroatoms. The second-order valence-corrected chi connectivity index (χ2v) is 8.49. The van der Waals surface area contributed by atoms with Crippen LogP contribution in [0.5, 0.6) is 0 Å². The SMILES string of the molecule is Clc1ccc(-c2ccc3sc4ccc(-c5ccc(Cl)cc5)cc4c3c2)cc1. The van der Waals surface area contributed by atoms with E-state index >= 15 is 0 Å². The lowest BCUT2D eigenvalue weighted by Crippen LogP contribution is -1.79. The molecule has 0 atom stereocenters. The van der Waals surface area contributed by atoms with E-state index in [2.05, 4.69) is 60.7 Å². The Morgan fingerprint density at radius 1 is 0.444 bits per heavy atom. The zero-order chi connectivity index (χ0) is 18.4. The molecule has 0 nitrogen and oxygen atoms in total. The van der Waals surface area contributed by atoms with E-state index in [-0.39, 0.29) is 0 Å². The van der Waals surface area contributed by atoms with Crippen LogP contribution in [0.15, 0.2) is 84.9 Å². The molecule has 5 rings (SSSR count). The van der Waals surface area contributed by atoms with Gasteiger partial charge in [0.2, 0.25) is 0 Å². The van der Waals surface area contributed by atoms with Gasteiger partial charge in [0.25, 0.3) is 0 Å². The van der Waals surface area contributed by atoms with Gasteiger partial charge in [-0.25, -0.2) is 0 Å². The van der Waals surface area contributed by atoms with Crippen LogP contribution in [0.2, 0.25) is 10.0 Å².